The lowest BCUT2D eigenvalue weighted by Gasteiger charge is -2.44. The fourth-order valence-electron chi connectivity index (χ4n) is 3.93. The van der Waals surface area contributed by atoms with Gasteiger partial charge in [-0.05, 0) is 49.9 Å². The third-order valence-corrected chi connectivity index (χ3v) is 5.41. The van der Waals surface area contributed by atoms with Crippen LogP contribution in [0.5, 0.6) is 5.75 Å². The molecule has 0 aromatic heterocycles. The molecule has 0 saturated carbocycles. The highest BCUT2D eigenvalue weighted by Crippen LogP contribution is 2.51. The third-order valence-electron chi connectivity index (χ3n) is 5.41. The highest BCUT2D eigenvalue weighted by molar-refractivity contribution is 5.67. The summed E-state index contributed by atoms with van der Waals surface area (Å²) in [5, 5.41) is 29.4. The van der Waals surface area contributed by atoms with E-state index in [-0.39, 0.29) is 17.3 Å². The van der Waals surface area contributed by atoms with Crippen molar-refractivity contribution in [1.82, 2.24) is 0 Å². The fourth-order valence-corrected chi connectivity index (χ4v) is 3.93. The number of ether oxygens (including phenoxy) is 1. The third kappa shape index (κ3) is 3.06. The minimum Gasteiger partial charge on any atom is -0.494 e. The number of nitriles is 3. The van der Waals surface area contributed by atoms with Gasteiger partial charge in [-0.15, -0.1) is 0 Å². The zero-order chi connectivity index (χ0) is 20.1. The average molecular weight is 373 g/mol. The molecule has 1 heterocycles. The fraction of sp³-hybridized carbons (Fsp3) is 0.409. The van der Waals surface area contributed by atoms with E-state index in [0.717, 1.165) is 42.8 Å². The van der Waals surface area contributed by atoms with Crippen LogP contribution in [0, 0.1) is 45.3 Å². The molecule has 0 bridgehead atoms. The van der Waals surface area contributed by atoms with E-state index in [1.807, 2.05) is 41.3 Å². The van der Waals surface area contributed by atoms with Crippen molar-refractivity contribution in [3.63, 3.8) is 0 Å². The monoisotopic (exact) mass is 373 g/mol. The van der Waals surface area contributed by atoms with E-state index in [1.165, 1.54) is 0 Å². The second kappa shape index (κ2) is 8.07. The molecule has 6 nitrogen and oxygen atoms in total. The van der Waals surface area contributed by atoms with Crippen molar-refractivity contribution in [2.45, 2.75) is 39.0 Å². The van der Waals surface area contributed by atoms with Gasteiger partial charge in [-0.2, -0.15) is 15.8 Å². The largest absolute Gasteiger partial charge is 0.494 e. The van der Waals surface area contributed by atoms with Gasteiger partial charge in [-0.1, -0.05) is 19.4 Å². The summed E-state index contributed by atoms with van der Waals surface area (Å²) in [6, 6.07) is 13.8. The van der Waals surface area contributed by atoms with Gasteiger partial charge in [0, 0.05) is 17.3 Å². The van der Waals surface area contributed by atoms with Crippen molar-refractivity contribution >= 4 is 5.69 Å². The van der Waals surface area contributed by atoms with E-state index in [2.05, 4.69) is 19.1 Å². The van der Waals surface area contributed by atoms with Crippen LogP contribution in [0.1, 0.15) is 39.0 Å². The molecule has 2 aliphatic rings. The summed E-state index contributed by atoms with van der Waals surface area (Å²) in [4.78, 5) is 1.81. The standard InChI is InChI=1S/C22H23N5O/c1-2-3-12-28-17-10-8-16(9-11-17)27-20-7-5-4-6-18(20)22(14-24,15-25)19(13-23)21(27)26/h7-11,18H,2-6,12,26H2,1H3/t18-/m0/s1. The van der Waals surface area contributed by atoms with Gasteiger partial charge in [0.1, 0.15) is 23.2 Å². The Morgan fingerprint density at radius 2 is 1.93 bits per heavy atom. The summed E-state index contributed by atoms with van der Waals surface area (Å²) in [6.07, 6.45) is 6.48. The lowest BCUT2D eigenvalue weighted by atomic mass is 9.65. The Morgan fingerprint density at radius 3 is 2.54 bits per heavy atom. The van der Waals surface area contributed by atoms with Gasteiger partial charge in [0.15, 0.2) is 5.41 Å². The summed E-state index contributed by atoms with van der Waals surface area (Å²) >= 11 is 0. The molecular formula is C22H23N5O. The van der Waals surface area contributed by atoms with Crippen LogP contribution in [0.2, 0.25) is 0 Å². The van der Waals surface area contributed by atoms with Crippen molar-refractivity contribution in [1.29, 1.82) is 15.8 Å². The zero-order valence-electron chi connectivity index (χ0n) is 16.0. The quantitative estimate of drug-likeness (QED) is 0.778. The van der Waals surface area contributed by atoms with Crippen LogP contribution in [0.4, 0.5) is 5.69 Å². The van der Waals surface area contributed by atoms with Crippen molar-refractivity contribution < 1.29 is 4.74 Å². The summed E-state index contributed by atoms with van der Waals surface area (Å²) < 4.78 is 5.72. The molecule has 3 rings (SSSR count). The highest BCUT2D eigenvalue weighted by atomic mass is 16.5. The molecule has 1 aromatic carbocycles. The Balaban J connectivity index is 2.06. The topological polar surface area (TPSA) is 110 Å². The number of allylic oxidation sites excluding steroid dienone is 3. The number of rotatable bonds is 5. The molecule has 6 heteroatoms. The molecule has 0 unspecified atom stereocenters. The Kier molecular flexibility index (Phi) is 5.57. The zero-order valence-corrected chi connectivity index (χ0v) is 16.0. The van der Waals surface area contributed by atoms with Crippen LogP contribution < -0.4 is 15.4 Å². The average Bonchev–Trinajstić information content (AvgIpc) is 2.74. The number of fused-ring (bicyclic) bond motifs is 1. The van der Waals surface area contributed by atoms with E-state index < -0.39 is 5.41 Å². The van der Waals surface area contributed by atoms with Crippen LogP contribution in [0.3, 0.4) is 0 Å². The summed E-state index contributed by atoms with van der Waals surface area (Å²) in [5.41, 5.74) is 6.45. The van der Waals surface area contributed by atoms with Crippen molar-refractivity contribution in [2.75, 3.05) is 11.5 Å². The van der Waals surface area contributed by atoms with Crippen molar-refractivity contribution in [2.24, 2.45) is 17.1 Å². The maximum Gasteiger partial charge on any atom is 0.190 e. The van der Waals surface area contributed by atoms with Gasteiger partial charge < -0.3 is 10.5 Å². The maximum absolute atomic E-state index is 9.82. The van der Waals surface area contributed by atoms with Crippen LogP contribution in [0.25, 0.3) is 0 Å². The van der Waals surface area contributed by atoms with Crippen molar-refractivity contribution in [3.8, 4) is 24.0 Å². The van der Waals surface area contributed by atoms with Crippen LogP contribution in [-0.2, 0) is 0 Å². The van der Waals surface area contributed by atoms with Gasteiger partial charge >= 0.3 is 0 Å². The number of unbranched alkanes of at least 4 members (excludes halogenated alkanes) is 1. The predicted molar refractivity (Wildman–Crippen MR) is 105 cm³/mol. The van der Waals surface area contributed by atoms with Gasteiger partial charge in [0.2, 0.25) is 0 Å². The van der Waals surface area contributed by atoms with Crippen LogP contribution in [0.15, 0.2) is 47.4 Å². The van der Waals surface area contributed by atoms with Gasteiger partial charge in [0.25, 0.3) is 0 Å². The summed E-state index contributed by atoms with van der Waals surface area (Å²) in [7, 11) is 0. The number of anilines is 1. The first-order valence-electron chi connectivity index (χ1n) is 9.58. The lowest BCUT2D eigenvalue weighted by Crippen LogP contribution is -2.47. The number of nitrogens with two attached hydrogens (primary N) is 1. The van der Waals surface area contributed by atoms with Gasteiger partial charge in [-0.3, -0.25) is 4.90 Å². The van der Waals surface area contributed by atoms with Gasteiger partial charge in [-0.25, -0.2) is 0 Å². The Labute approximate surface area is 165 Å². The van der Waals surface area contributed by atoms with Crippen LogP contribution >= 0.6 is 0 Å². The number of benzene rings is 1. The molecule has 0 spiro atoms. The SMILES string of the molecule is CCCCOc1ccc(N2C3=CCCC[C@@H]3C(C#N)(C#N)C(C#N)=C2N)cc1. The van der Waals surface area contributed by atoms with Gasteiger partial charge in [0.05, 0.1) is 18.7 Å². The molecule has 0 amide bonds. The van der Waals surface area contributed by atoms with E-state index in [9.17, 15) is 15.8 Å². The molecule has 1 aliphatic heterocycles. The molecule has 0 radical (unpaired) electrons. The maximum atomic E-state index is 9.82. The van der Waals surface area contributed by atoms with E-state index >= 15 is 0 Å². The molecule has 0 saturated heterocycles. The Morgan fingerprint density at radius 1 is 1.21 bits per heavy atom. The molecular weight excluding hydrogens is 350 g/mol. The Bertz CT molecular complexity index is 910. The second-order valence-corrected chi connectivity index (χ2v) is 7.05. The lowest BCUT2D eigenvalue weighted by molar-refractivity contribution is 0.309. The van der Waals surface area contributed by atoms with Crippen molar-refractivity contribution in [3.05, 3.63) is 47.4 Å². The minimum absolute atomic E-state index is 0.0322. The first-order valence-corrected chi connectivity index (χ1v) is 9.58. The molecule has 1 aromatic rings. The number of nitrogens with zero attached hydrogens (tertiary/aromatic N) is 4. The molecule has 142 valence electrons. The number of hydrogen-bond donors (Lipinski definition) is 1. The second-order valence-electron chi connectivity index (χ2n) is 7.05. The molecule has 2 N–H and O–H groups in total. The minimum atomic E-state index is -1.54. The van der Waals surface area contributed by atoms with E-state index in [4.69, 9.17) is 10.5 Å². The van der Waals surface area contributed by atoms with E-state index in [1.54, 1.807) is 0 Å². The first-order chi connectivity index (χ1) is 13.6. The van der Waals surface area contributed by atoms with E-state index in [0.29, 0.717) is 13.0 Å². The molecule has 28 heavy (non-hydrogen) atoms. The highest BCUT2D eigenvalue weighted by Gasteiger charge is 2.52. The molecule has 0 fully saturated rings. The summed E-state index contributed by atoms with van der Waals surface area (Å²) in [6.45, 7) is 2.78. The normalized spacial score (nSPS) is 20.3. The Hall–Kier alpha value is -3.43. The smallest absolute Gasteiger partial charge is 0.190 e. The summed E-state index contributed by atoms with van der Waals surface area (Å²) in [5.74, 6) is 0.545. The predicted octanol–water partition coefficient (Wildman–Crippen LogP) is 4.10. The number of hydrogen-bond acceptors (Lipinski definition) is 6. The molecule has 1 atom stereocenters. The molecule has 1 aliphatic carbocycles. The van der Waals surface area contributed by atoms with Crippen LogP contribution in [-0.4, -0.2) is 6.61 Å². The first kappa shape index (κ1) is 19.3.